The highest BCUT2D eigenvalue weighted by molar-refractivity contribution is 6.30. The van der Waals surface area contributed by atoms with Gasteiger partial charge in [-0.3, -0.25) is 0 Å². The molecular formula is C11H16ClN3. The SMILES string of the molecule is NC1CCn2c(C3CCC3)nc(Cl)c2C1. The molecule has 1 aromatic rings. The summed E-state index contributed by atoms with van der Waals surface area (Å²) in [5.74, 6) is 1.87. The van der Waals surface area contributed by atoms with Gasteiger partial charge in [-0.1, -0.05) is 18.0 Å². The molecule has 3 nitrogen and oxygen atoms in total. The molecule has 1 unspecified atom stereocenters. The van der Waals surface area contributed by atoms with Gasteiger partial charge in [0.05, 0.1) is 5.69 Å². The van der Waals surface area contributed by atoms with E-state index in [2.05, 4.69) is 9.55 Å². The van der Waals surface area contributed by atoms with E-state index in [1.165, 1.54) is 25.1 Å². The van der Waals surface area contributed by atoms with Crippen molar-refractivity contribution in [3.05, 3.63) is 16.7 Å². The summed E-state index contributed by atoms with van der Waals surface area (Å²) in [4.78, 5) is 4.52. The molecule has 0 bridgehead atoms. The second kappa shape index (κ2) is 3.49. The van der Waals surface area contributed by atoms with Gasteiger partial charge >= 0.3 is 0 Å². The van der Waals surface area contributed by atoms with Gasteiger partial charge in [0.1, 0.15) is 5.82 Å². The number of rotatable bonds is 1. The number of nitrogens with two attached hydrogens (primary N) is 1. The second-order valence-electron chi connectivity index (χ2n) is 4.74. The van der Waals surface area contributed by atoms with E-state index in [4.69, 9.17) is 17.3 Å². The summed E-state index contributed by atoms with van der Waals surface area (Å²) in [6, 6.07) is 0.265. The average Bonchev–Trinajstić information content (AvgIpc) is 2.41. The van der Waals surface area contributed by atoms with Crippen LogP contribution in [-0.4, -0.2) is 15.6 Å². The van der Waals surface area contributed by atoms with Gasteiger partial charge in [0.2, 0.25) is 0 Å². The lowest BCUT2D eigenvalue weighted by Gasteiger charge is -2.28. The number of halogens is 1. The Labute approximate surface area is 94.6 Å². The average molecular weight is 226 g/mol. The molecule has 4 heteroatoms. The molecule has 0 aromatic carbocycles. The summed E-state index contributed by atoms with van der Waals surface area (Å²) >= 11 is 6.17. The van der Waals surface area contributed by atoms with Crippen molar-refractivity contribution >= 4 is 11.6 Å². The molecule has 82 valence electrons. The quantitative estimate of drug-likeness (QED) is 0.796. The Morgan fingerprint density at radius 2 is 2.13 bits per heavy atom. The standard InChI is InChI=1S/C11H16ClN3/c12-10-9-6-8(13)4-5-15(9)11(14-10)7-2-1-3-7/h7-8H,1-6,13H2. The minimum Gasteiger partial charge on any atom is -0.330 e. The third-order valence-corrected chi connectivity index (χ3v) is 4.01. The molecule has 0 amide bonds. The normalized spacial score (nSPS) is 26.1. The van der Waals surface area contributed by atoms with Crippen molar-refractivity contribution in [1.82, 2.24) is 9.55 Å². The first-order chi connectivity index (χ1) is 7.25. The van der Waals surface area contributed by atoms with E-state index in [1.54, 1.807) is 0 Å². The highest BCUT2D eigenvalue weighted by atomic mass is 35.5. The van der Waals surface area contributed by atoms with Crippen molar-refractivity contribution in [3.8, 4) is 0 Å². The first-order valence-corrected chi connectivity index (χ1v) is 6.14. The number of hydrogen-bond donors (Lipinski definition) is 1. The zero-order chi connectivity index (χ0) is 10.4. The fraction of sp³-hybridized carbons (Fsp3) is 0.727. The van der Waals surface area contributed by atoms with Crippen molar-refractivity contribution in [3.63, 3.8) is 0 Å². The van der Waals surface area contributed by atoms with Crippen LogP contribution in [0.4, 0.5) is 0 Å². The zero-order valence-corrected chi connectivity index (χ0v) is 9.50. The van der Waals surface area contributed by atoms with Crippen LogP contribution in [0.25, 0.3) is 0 Å². The Morgan fingerprint density at radius 3 is 2.80 bits per heavy atom. The highest BCUT2D eigenvalue weighted by Gasteiger charge is 2.29. The molecule has 2 N–H and O–H groups in total. The van der Waals surface area contributed by atoms with Gasteiger partial charge in [0.25, 0.3) is 0 Å². The van der Waals surface area contributed by atoms with E-state index in [9.17, 15) is 0 Å². The van der Waals surface area contributed by atoms with Gasteiger partial charge in [0.15, 0.2) is 5.15 Å². The van der Waals surface area contributed by atoms with Crippen molar-refractivity contribution in [2.24, 2.45) is 5.73 Å². The van der Waals surface area contributed by atoms with Crippen LogP contribution in [0, 0.1) is 0 Å². The Balaban J connectivity index is 1.99. The lowest BCUT2D eigenvalue weighted by Crippen LogP contribution is -2.31. The Hall–Kier alpha value is -0.540. The smallest absolute Gasteiger partial charge is 0.150 e. The van der Waals surface area contributed by atoms with E-state index >= 15 is 0 Å². The number of fused-ring (bicyclic) bond motifs is 1. The molecule has 1 atom stereocenters. The first kappa shape index (κ1) is 9.67. The first-order valence-electron chi connectivity index (χ1n) is 5.76. The highest BCUT2D eigenvalue weighted by Crippen LogP contribution is 2.38. The molecule has 1 fully saturated rings. The van der Waals surface area contributed by atoms with Crippen LogP contribution in [-0.2, 0) is 13.0 Å². The molecular weight excluding hydrogens is 210 g/mol. The predicted molar refractivity (Wildman–Crippen MR) is 60.1 cm³/mol. The molecule has 2 aliphatic rings. The molecule has 0 radical (unpaired) electrons. The second-order valence-corrected chi connectivity index (χ2v) is 5.10. The lowest BCUT2D eigenvalue weighted by molar-refractivity contribution is 0.369. The van der Waals surface area contributed by atoms with Crippen LogP contribution < -0.4 is 5.73 Å². The van der Waals surface area contributed by atoms with Gasteiger partial charge in [-0.25, -0.2) is 4.98 Å². The monoisotopic (exact) mass is 225 g/mol. The van der Waals surface area contributed by atoms with Crippen LogP contribution in [0.5, 0.6) is 0 Å². The molecule has 1 aromatic heterocycles. The van der Waals surface area contributed by atoms with Crippen molar-refractivity contribution in [2.45, 2.75) is 50.6 Å². The number of aromatic nitrogens is 2. The predicted octanol–water partition coefficient (Wildman–Crippen LogP) is 2.08. The van der Waals surface area contributed by atoms with E-state index in [0.717, 1.165) is 25.1 Å². The fourth-order valence-corrected chi connectivity index (χ4v) is 2.81. The maximum absolute atomic E-state index is 6.17. The number of nitrogens with zero attached hydrogens (tertiary/aromatic N) is 2. The van der Waals surface area contributed by atoms with Gasteiger partial charge in [-0.05, 0) is 19.3 Å². The maximum Gasteiger partial charge on any atom is 0.150 e. The molecule has 3 rings (SSSR count). The van der Waals surface area contributed by atoms with E-state index < -0.39 is 0 Å². The Kier molecular flexibility index (Phi) is 2.25. The van der Waals surface area contributed by atoms with Crippen LogP contribution in [0.3, 0.4) is 0 Å². The molecule has 15 heavy (non-hydrogen) atoms. The lowest BCUT2D eigenvalue weighted by atomic mass is 9.84. The summed E-state index contributed by atoms with van der Waals surface area (Å²) in [6.07, 6.45) is 5.83. The zero-order valence-electron chi connectivity index (χ0n) is 8.75. The minimum atomic E-state index is 0.265. The number of imidazole rings is 1. The fourth-order valence-electron chi connectivity index (χ4n) is 2.54. The molecule has 2 heterocycles. The summed E-state index contributed by atoms with van der Waals surface area (Å²) in [5, 5.41) is 0.687. The van der Waals surface area contributed by atoms with Crippen LogP contribution >= 0.6 is 11.6 Å². The molecule has 1 aliphatic heterocycles. The van der Waals surface area contributed by atoms with Crippen LogP contribution in [0.1, 0.15) is 43.1 Å². The summed E-state index contributed by atoms with van der Waals surface area (Å²) in [7, 11) is 0. The molecule has 1 aliphatic carbocycles. The van der Waals surface area contributed by atoms with E-state index in [-0.39, 0.29) is 6.04 Å². The van der Waals surface area contributed by atoms with Crippen LogP contribution in [0.2, 0.25) is 5.15 Å². The van der Waals surface area contributed by atoms with Crippen molar-refractivity contribution in [1.29, 1.82) is 0 Å². The third kappa shape index (κ3) is 1.49. The molecule has 0 saturated heterocycles. The summed E-state index contributed by atoms with van der Waals surface area (Å²) < 4.78 is 2.32. The van der Waals surface area contributed by atoms with E-state index in [1.807, 2.05) is 0 Å². The van der Waals surface area contributed by atoms with Crippen molar-refractivity contribution < 1.29 is 0 Å². The van der Waals surface area contributed by atoms with Gasteiger partial charge in [-0.2, -0.15) is 0 Å². The number of hydrogen-bond acceptors (Lipinski definition) is 2. The summed E-state index contributed by atoms with van der Waals surface area (Å²) in [6.45, 7) is 1.00. The minimum absolute atomic E-state index is 0.265. The topological polar surface area (TPSA) is 43.8 Å². The molecule has 1 saturated carbocycles. The Bertz CT molecular complexity index is 381. The van der Waals surface area contributed by atoms with Crippen molar-refractivity contribution in [2.75, 3.05) is 0 Å². The van der Waals surface area contributed by atoms with E-state index in [0.29, 0.717) is 11.1 Å². The van der Waals surface area contributed by atoms with Gasteiger partial charge < -0.3 is 10.3 Å². The Morgan fingerprint density at radius 1 is 1.33 bits per heavy atom. The van der Waals surface area contributed by atoms with Gasteiger partial charge in [0, 0.05) is 24.9 Å². The third-order valence-electron chi connectivity index (χ3n) is 3.70. The van der Waals surface area contributed by atoms with Gasteiger partial charge in [-0.15, -0.1) is 0 Å². The van der Waals surface area contributed by atoms with Crippen LogP contribution in [0.15, 0.2) is 0 Å². The summed E-state index contributed by atoms with van der Waals surface area (Å²) in [5.41, 5.74) is 7.11. The largest absolute Gasteiger partial charge is 0.330 e. The molecule has 0 spiro atoms. The maximum atomic E-state index is 6.17.